The van der Waals surface area contributed by atoms with E-state index in [4.69, 9.17) is 23.1 Å². The number of amides is 1. The minimum absolute atomic E-state index is 0.238. The van der Waals surface area contributed by atoms with Gasteiger partial charge in [0, 0.05) is 5.02 Å². The van der Waals surface area contributed by atoms with Gasteiger partial charge in [0.05, 0.1) is 5.69 Å². The molecular formula is C12H13ClN4OS. The molecule has 0 aliphatic heterocycles. The van der Waals surface area contributed by atoms with Crippen molar-refractivity contribution in [3.63, 3.8) is 0 Å². The Morgan fingerprint density at radius 3 is 2.63 bits per heavy atom. The van der Waals surface area contributed by atoms with Gasteiger partial charge in [0.1, 0.15) is 16.4 Å². The van der Waals surface area contributed by atoms with E-state index in [1.54, 1.807) is 18.2 Å². The van der Waals surface area contributed by atoms with E-state index in [2.05, 4.69) is 5.10 Å². The summed E-state index contributed by atoms with van der Waals surface area (Å²) in [6.07, 6.45) is 1.81. The van der Waals surface area contributed by atoms with Gasteiger partial charge in [0.15, 0.2) is 0 Å². The number of carbonyl (C=O) groups is 1. The minimum atomic E-state index is -0.584. The van der Waals surface area contributed by atoms with Crippen LogP contribution in [0.5, 0.6) is 0 Å². The first-order chi connectivity index (χ1) is 8.95. The van der Waals surface area contributed by atoms with Crippen molar-refractivity contribution in [2.24, 2.45) is 5.73 Å². The number of hydrogen-bond acceptors (Lipinski definition) is 4. The van der Waals surface area contributed by atoms with Gasteiger partial charge in [-0.2, -0.15) is 5.10 Å². The summed E-state index contributed by atoms with van der Waals surface area (Å²) >= 11 is 7.24. The van der Waals surface area contributed by atoms with Crippen LogP contribution in [0.3, 0.4) is 0 Å². The van der Waals surface area contributed by atoms with Crippen molar-refractivity contribution >= 4 is 35.1 Å². The van der Waals surface area contributed by atoms with Crippen molar-refractivity contribution in [1.29, 1.82) is 0 Å². The number of nitrogen functional groups attached to an aromatic ring is 1. The summed E-state index contributed by atoms with van der Waals surface area (Å²) in [5, 5.41) is 5.47. The second-order valence-corrected chi connectivity index (χ2v) is 5.21. The lowest BCUT2D eigenvalue weighted by atomic mass is 10.2. The molecule has 1 amide bonds. The third-order valence-electron chi connectivity index (χ3n) is 2.72. The van der Waals surface area contributed by atoms with E-state index >= 15 is 0 Å². The number of primary amides is 1. The fraction of sp³-hybridized carbons (Fsp3) is 0.167. The zero-order valence-corrected chi connectivity index (χ0v) is 12.0. The third-order valence-corrected chi connectivity index (χ3v) is 3.62. The molecule has 2 rings (SSSR count). The second kappa shape index (κ2) is 5.14. The third kappa shape index (κ3) is 2.41. The van der Waals surface area contributed by atoms with E-state index in [1.165, 1.54) is 16.4 Å². The van der Waals surface area contributed by atoms with E-state index in [0.29, 0.717) is 10.0 Å². The Labute approximate surface area is 119 Å². The van der Waals surface area contributed by atoms with E-state index in [9.17, 15) is 4.79 Å². The van der Waals surface area contributed by atoms with Gasteiger partial charge < -0.3 is 11.5 Å². The predicted octanol–water partition coefficient (Wildman–Crippen LogP) is 2.24. The molecule has 2 aromatic rings. The largest absolute Gasteiger partial charge is 0.383 e. The highest BCUT2D eigenvalue weighted by Crippen LogP contribution is 2.28. The lowest BCUT2D eigenvalue weighted by Crippen LogP contribution is -2.14. The van der Waals surface area contributed by atoms with Crippen LogP contribution in [0.2, 0.25) is 5.02 Å². The molecular weight excluding hydrogens is 284 g/mol. The Morgan fingerprint density at radius 1 is 1.47 bits per heavy atom. The fourth-order valence-electron chi connectivity index (χ4n) is 1.82. The van der Waals surface area contributed by atoms with Gasteiger partial charge in [-0.25, -0.2) is 4.68 Å². The van der Waals surface area contributed by atoms with Crippen molar-refractivity contribution in [2.45, 2.75) is 11.9 Å². The van der Waals surface area contributed by atoms with Crippen LogP contribution in [0.25, 0.3) is 5.69 Å². The zero-order valence-electron chi connectivity index (χ0n) is 10.5. The molecule has 1 aromatic carbocycles. The summed E-state index contributed by atoms with van der Waals surface area (Å²) in [7, 11) is 0. The lowest BCUT2D eigenvalue weighted by Gasteiger charge is -2.08. The van der Waals surface area contributed by atoms with Crippen LogP contribution in [0.4, 0.5) is 5.82 Å². The molecule has 7 heteroatoms. The maximum absolute atomic E-state index is 11.4. The van der Waals surface area contributed by atoms with Gasteiger partial charge in [-0.05, 0) is 36.9 Å². The highest BCUT2D eigenvalue weighted by atomic mass is 35.5. The molecule has 0 atom stereocenters. The number of rotatable bonds is 3. The molecule has 0 fully saturated rings. The number of thioether (sulfide) groups is 1. The summed E-state index contributed by atoms with van der Waals surface area (Å²) in [6, 6.07) is 5.35. The number of carbonyl (C=O) groups excluding carboxylic acids is 1. The van der Waals surface area contributed by atoms with E-state index < -0.39 is 5.91 Å². The molecule has 0 aliphatic rings. The molecule has 100 valence electrons. The second-order valence-electron chi connectivity index (χ2n) is 3.98. The highest BCUT2D eigenvalue weighted by molar-refractivity contribution is 7.98. The van der Waals surface area contributed by atoms with Gasteiger partial charge >= 0.3 is 0 Å². The number of nitrogens with zero attached hydrogens (tertiary/aromatic N) is 2. The van der Waals surface area contributed by atoms with Crippen LogP contribution in [0.1, 0.15) is 15.9 Å². The van der Waals surface area contributed by atoms with Crippen LogP contribution in [-0.4, -0.2) is 21.9 Å². The SMILES string of the molecule is CSc1nn(-c2ccc(Cl)cc2C)c(N)c1C(N)=O. The zero-order chi connectivity index (χ0) is 14.2. The normalized spacial score (nSPS) is 10.7. The quantitative estimate of drug-likeness (QED) is 0.850. The molecule has 0 aliphatic carbocycles. The maximum Gasteiger partial charge on any atom is 0.255 e. The molecule has 0 bridgehead atoms. The summed E-state index contributed by atoms with van der Waals surface area (Å²) in [5.74, 6) is -0.345. The predicted molar refractivity (Wildman–Crippen MR) is 78.0 cm³/mol. The van der Waals surface area contributed by atoms with E-state index in [1.807, 2.05) is 13.2 Å². The Balaban J connectivity index is 2.66. The standard InChI is InChI=1S/C12H13ClN4OS/c1-6-5-7(13)3-4-8(6)17-10(14)9(11(15)18)12(16-17)19-2/h3-5H,14H2,1-2H3,(H2,15,18). The Morgan fingerprint density at radius 2 is 2.16 bits per heavy atom. The van der Waals surface area contributed by atoms with Gasteiger partial charge in [0.2, 0.25) is 0 Å². The summed E-state index contributed by atoms with van der Waals surface area (Å²) < 4.78 is 1.51. The first-order valence-electron chi connectivity index (χ1n) is 5.44. The van der Waals surface area contributed by atoms with Crippen molar-refractivity contribution < 1.29 is 4.79 Å². The molecule has 0 saturated carbocycles. The fourth-order valence-corrected chi connectivity index (χ4v) is 2.62. The Kier molecular flexibility index (Phi) is 3.73. The molecule has 0 radical (unpaired) electrons. The average molecular weight is 297 g/mol. The van der Waals surface area contributed by atoms with E-state index in [0.717, 1.165) is 11.3 Å². The number of aryl methyl sites for hydroxylation is 1. The van der Waals surface area contributed by atoms with Crippen LogP contribution < -0.4 is 11.5 Å². The number of nitrogens with two attached hydrogens (primary N) is 2. The maximum atomic E-state index is 11.4. The topological polar surface area (TPSA) is 86.9 Å². The summed E-state index contributed by atoms with van der Waals surface area (Å²) in [4.78, 5) is 11.4. The minimum Gasteiger partial charge on any atom is -0.383 e. The Bertz CT molecular complexity index is 653. The summed E-state index contributed by atoms with van der Waals surface area (Å²) in [6.45, 7) is 1.89. The monoisotopic (exact) mass is 296 g/mol. The average Bonchev–Trinajstić information content (AvgIpc) is 2.66. The first-order valence-corrected chi connectivity index (χ1v) is 7.04. The molecule has 0 saturated heterocycles. The van der Waals surface area contributed by atoms with Crippen LogP contribution in [-0.2, 0) is 0 Å². The van der Waals surface area contributed by atoms with Gasteiger partial charge in [-0.15, -0.1) is 11.8 Å². The molecule has 0 spiro atoms. The smallest absolute Gasteiger partial charge is 0.255 e. The molecule has 5 nitrogen and oxygen atoms in total. The number of anilines is 1. The van der Waals surface area contributed by atoms with Crippen molar-refractivity contribution in [3.05, 3.63) is 34.3 Å². The molecule has 1 aromatic heterocycles. The van der Waals surface area contributed by atoms with Crippen molar-refractivity contribution in [1.82, 2.24) is 9.78 Å². The Hall–Kier alpha value is -1.66. The molecule has 1 heterocycles. The van der Waals surface area contributed by atoms with Crippen LogP contribution >= 0.6 is 23.4 Å². The number of halogens is 1. The number of aromatic nitrogens is 2. The van der Waals surface area contributed by atoms with E-state index in [-0.39, 0.29) is 11.4 Å². The lowest BCUT2D eigenvalue weighted by molar-refractivity contribution is 0.0998. The van der Waals surface area contributed by atoms with Gasteiger partial charge in [-0.3, -0.25) is 4.79 Å². The molecule has 19 heavy (non-hydrogen) atoms. The number of hydrogen-bond donors (Lipinski definition) is 2. The van der Waals surface area contributed by atoms with Crippen molar-refractivity contribution in [3.8, 4) is 5.69 Å². The van der Waals surface area contributed by atoms with Crippen LogP contribution in [0, 0.1) is 6.92 Å². The molecule has 0 unspecified atom stereocenters. The van der Waals surface area contributed by atoms with Crippen molar-refractivity contribution in [2.75, 3.05) is 12.0 Å². The van der Waals surface area contributed by atoms with Gasteiger partial charge in [0.25, 0.3) is 5.91 Å². The van der Waals surface area contributed by atoms with Gasteiger partial charge in [-0.1, -0.05) is 11.6 Å². The number of benzene rings is 1. The van der Waals surface area contributed by atoms with Crippen LogP contribution in [0.15, 0.2) is 23.2 Å². The highest BCUT2D eigenvalue weighted by Gasteiger charge is 2.21. The summed E-state index contributed by atoms with van der Waals surface area (Å²) in [5.41, 5.74) is 13.2. The first kappa shape index (κ1) is 13.8. The molecule has 4 N–H and O–H groups in total.